The largest absolute Gasteiger partial charge is 0.424 e. The Kier molecular flexibility index (Phi) is 5.62. The number of nitrogens with zero attached hydrogens (tertiary/aromatic N) is 4. The second-order valence-electron chi connectivity index (χ2n) is 8.92. The molecule has 3 aromatic rings. The highest BCUT2D eigenvalue weighted by Gasteiger charge is 2.50. The van der Waals surface area contributed by atoms with Crippen LogP contribution in [0.3, 0.4) is 0 Å². The van der Waals surface area contributed by atoms with Crippen LogP contribution in [-0.4, -0.2) is 45.1 Å². The number of rotatable bonds is 5. The molecule has 34 heavy (non-hydrogen) atoms. The molecule has 1 amide bonds. The molecular formula is C23H23F3N6O2. The number of ether oxygens (including phenoxy) is 1. The number of nitrogens with one attached hydrogen (secondary N) is 2. The molecule has 1 aliphatic carbocycles. The highest BCUT2D eigenvalue weighted by Crippen LogP contribution is 2.53. The average Bonchev–Trinajstić information content (AvgIpc) is 3.39. The van der Waals surface area contributed by atoms with Gasteiger partial charge in [0.05, 0.1) is 11.9 Å². The minimum Gasteiger partial charge on any atom is -0.424 e. The lowest BCUT2D eigenvalue weighted by molar-refractivity contribution is -0.00683. The molecule has 0 bridgehead atoms. The summed E-state index contributed by atoms with van der Waals surface area (Å²) in [4.78, 5) is 21.6. The van der Waals surface area contributed by atoms with E-state index >= 15 is 0 Å². The fourth-order valence-electron chi connectivity index (χ4n) is 4.68. The third kappa shape index (κ3) is 4.82. The van der Waals surface area contributed by atoms with Gasteiger partial charge in [0.2, 0.25) is 11.7 Å². The molecule has 1 spiro atoms. The van der Waals surface area contributed by atoms with Gasteiger partial charge in [-0.1, -0.05) is 11.2 Å². The van der Waals surface area contributed by atoms with Crippen LogP contribution < -0.4 is 15.0 Å². The molecule has 2 aliphatic rings. The third-order valence-corrected chi connectivity index (χ3v) is 6.50. The number of anilines is 2. The SMILES string of the molecule is O=C(Nc1ccc(N2CCC3(CC2)CCC(F)(F)C3)nc1)c1nnc(Oc2cccc(F)c2)[nH]1. The Balaban J connectivity index is 1.16. The first-order chi connectivity index (χ1) is 16.3. The van der Waals surface area contributed by atoms with Crippen molar-refractivity contribution < 1.29 is 22.7 Å². The number of piperidine rings is 1. The molecule has 0 atom stereocenters. The van der Waals surface area contributed by atoms with Crippen LogP contribution in [0.5, 0.6) is 11.8 Å². The number of carbonyl (C=O) groups is 1. The molecule has 2 N–H and O–H groups in total. The number of aromatic nitrogens is 4. The highest BCUT2D eigenvalue weighted by molar-refractivity contribution is 6.01. The molecule has 0 unspecified atom stereocenters. The molecule has 2 fully saturated rings. The van der Waals surface area contributed by atoms with Crippen molar-refractivity contribution in [2.45, 2.75) is 38.0 Å². The Hall–Kier alpha value is -3.63. The van der Waals surface area contributed by atoms with Crippen LogP contribution in [-0.2, 0) is 0 Å². The third-order valence-electron chi connectivity index (χ3n) is 6.50. The van der Waals surface area contributed by atoms with Crippen LogP contribution in [0.25, 0.3) is 0 Å². The maximum Gasteiger partial charge on any atom is 0.320 e. The molecule has 5 rings (SSSR count). The predicted octanol–water partition coefficient (Wildman–Crippen LogP) is 4.79. The van der Waals surface area contributed by atoms with Gasteiger partial charge in [-0.3, -0.25) is 9.78 Å². The second-order valence-corrected chi connectivity index (χ2v) is 8.92. The fourth-order valence-corrected chi connectivity index (χ4v) is 4.68. The quantitative estimate of drug-likeness (QED) is 0.554. The number of H-pyrrole nitrogens is 1. The number of benzene rings is 1. The Morgan fingerprint density at radius 1 is 1.09 bits per heavy atom. The Morgan fingerprint density at radius 2 is 1.91 bits per heavy atom. The van der Waals surface area contributed by atoms with Gasteiger partial charge >= 0.3 is 6.01 Å². The summed E-state index contributed by atoms with van der Waals surface area (Å²) in [7, 11) is 0. The van der Waals surface area contributed by atoms with Gasteiger partial charge in [0.1, 0.15) is 17.4 Å². The molecule has 0 radical (unpaired) electrons. The predicted molar refractivity (Wildman–Crippen MR) is 118 cm³/mol. The van der Waals surface area contributed by atoms with Crippen molar-refractivity contribution in [3.05, 3.63) is 54.2 Å². The van der Waals surface area contributed by atoms with E-state index in [2.05, 4.69) is 30.4 Å². The standard InChI is InChI=1S/C23H23F3N6O2/c24-15-2-1-3-17(12-15)34-21-29-19(30-31-21)20(33)28-16-4-5-18(27-13-16)32-10-8-22(9-11-32)6-7-23(25,26)14-22/h1-5,12-13H,6-11,14H2,(H,28,33)(H,29,30,31). The summed E-state index contributed by atoms with van der Waals surface area (Å²) in [6.07, 6.45) is 3.55. The zero-order valence-corrected chi connectivity index (χ0v) is 18.2. The van der Waals surface area contributed by atoms with E-state index in [-0.39, 0.29) is 35.8 Å². The van der Waals surface area contributed by atoms with Crippen molar-refractivity contribution in [2.75, 3.05) is 23.3 Å². The van der Waals surface area contributed by atoms with Crippen molar-refractivity contribution >= 4 is 17.4 Å². The lowest BCUT2D eigenvalue weighted by atomic mass is 9.77. The number of pyridine rings is 1. The van der Waals surface area contributed by atoms with Gasteiger partial charge in [-0.15, -0.1) is 5.10 Å². The molecule has 1 saturated carbocycles. The Morgan fingerprint density at radius 3 is 2.59 bits per heavy atom. The van der Waals surface area contributed by atoms with Crippen LogP contribution >= 0.6 is 0 Å². The van der Waals surface area contributed by atoms with Gasteiger partial charge in [-0.25, -0.2) is 18.2 Å². The van der Waals surface area contributed by atoms with E-state index in [1.54, 1.807) is 18.2 Å². The maximum absolute atomic E-state index is 13.7. The zero-order valence-electron chi connectivity index (χ0n) is 18.2. The molecule has 1 saturated heterocycles. The minimum absolute atomic E-state index is 0.0107. The summed E-state index contributed by atoms with van der Waals surface area (Å²) in [6.45, 7) is 1.36. The lowest BCUT2D eigenvalue weighted by Crippen LogP contribution is -2.40. The van der Waals surface area contributed by atoms with E-state index in [0.717, 1.165) is 18.7 Å². The lowest BCUT2D eigenvalue weighted by Gasteiger charge is -2.39. The molecule has 1 aliphatic heterocycles. The zero-order chi connectivity index (χ0) is 23.8. The van der Waals surface area contributed by atoms with Gasteiger partial charge in [0.15, 0.2) is 0 Å². The fraction of sp³-hybridized carbons (Fsp3) is 0.391. The number of carbonyl (C=O) groups excluding carboxylic acids is 1. The summed E-state index contributed by atoms with van der Waals surface area (Å²) < 4.78 is 46.0. The first kappa shape index (κ1) is 22.2. The average molecular weight is 472 g/mol. The summed E-state index contributed by atoms with van der Waals surface area (Å²) in [5.74, 6) is -2.66. The van der Waals surface area contributed by atoms with Gasteiger partial charge < -0.3 is 15.0 Å². The first-order valence-corrected chi connectivity index (χ1v) is 11.1. The number of hydrogen-bond donors (Lipinski definition) is 2. The number of amides is 1. The van der Waals surface area contributed by atoms with Crippen LogP contribution in [0, 0.1) is 11.2 Å². The van der Waals surface area contributed by atoms with Crippen molar-refractivity contribution in [3.63, 3.8) is 0 Å². The maximum atomic E-state index is 13.7. The molecule has 8 nitrogen and oxygen atoms in total. The van der Waals surface area contributed by atoms with Crippen LogP contribution in [0.15, 0.2) is 42.6 Å². The van der Waals surface area contributed by atoms with Gasteiger partial charge in [0, 0.05) is 32.0 Å². The molecular weight excluding hydrogens is 449 g/mol. The van der Waals surface area contributed by atoms with Crippen molar-refractivity contribution in [3.8, 4) is 11.8 Å². The summed E-state index contributed by atoms with van der Waals surface area (Å²) >= 11 is 0. The van der Waals surface area contributed by atoms with E-state index in [1.807, 2.05) is 0 Å². The van der Waals surface area contributed by atoms with Crippen LogP contribution in [0.4, 0.5) is 24.7 Å². The van der Waals surface area contributed by atoms with E-state index in [1.165, 1.54) is 24.4 Å². The van der Waals surface area contributed by atoms with Gasteiger partial charge in [0.25, 0.3) is 5.91 Å². The first-order valence-electron chi connectivity index (χ1n) is 11.1. The monoisotopic (exact) mass is 472 g/mol. The Bertz CT molecular complexity index is 1180. The van der Waals surface area contributed by atoms with Crippen molar-refractivity contribution in [1.29, 1.82) is 0 Å². The van der Waals surface area contributed by atoms with Gasteiger partial charge in [-0.2, -0.15) is 0 Å². The van der Waals surface area contributed by atoms with Crippen molar-refractivity contribution in [2.24, 2.45) is 5.41 Å². The normalized spacial score (nSPS) is 18.7. The highest BCUT2D eigenvalue weighted by atomic mass is 19.3. The number of aromatic amines is 1. The summed E-state index contributed by atoms with van der Waals surface area (Å²) in [5.41, 5.74) is 0.212. The van der Waals surface area contributed by atoms with E-state index in [0.29, 0.717) is 25.2 Å². The topological polar surface area (TPSA) is 96.0 Å². The second kappa shape index (κ2) is 8.62. The van der Waals surface area contributed by atoms with E-state index in [9.17, 15) is 18.0 Å². The number of hydrogen-bond acceptors (Lipinski definition) is 6. The van der Waals surface area contributed by atoms with Crippen LogP contribution in [0.1, 0.15) is 42.7 Å². The molecule has 3 heterocycles. The summed E-state index contributed by atoms with van der Waals surface area (Å²) in [6, 6.07) is 8.95. The van der Waals surface area contributed by atoms with E-state index in [4.69, 9.17) is 4.74 Å². The number of halogens is 3. The Labute approximate surface area is 193 Å². The molecule has 178 valence electrons. The smallest absolute Gasteiger partial charge is 0.320 e. The minimum atomic E-state index is -2.53. The van der Waals surface area contributed by atoms with Crippen molar-refractivity contribution in [1.82, 2.24) is 20.2 Å². The molecule has 11 heteroatoms. The number of alkyl halides is 2. The van der Waals surface area contributed by atoms with Crippen LogP contribution in [0.2, 0.25) is 0 Å². The summed E-state index contributed by atoms with van der Waals surface area (Å²) in [5, 5.41) is 10.2. The molecule has 1 aromatic carbocycles. The van der Waals surface area contributed by atoms with Gasteiger partial charge in [-0.05, 0) is 48.9 Å². The molecule has 2 aromatic heterocycles. The van der Waals surface area contributed by atoms with E-state index < -0.39 is 17.6 Å².